The number of nitrogens with zero attached hydrogens (tertiary/aromatic N) is 2. The molecule has 1 aromatic carbocycles. The summed E-state index contributed by atoms with van der Waals surface area (Å²) in [4.78, 5) is 25.6. The summed E-state index contributed by atoms with van der Waals surface area (Å²) in [5, 5.41) is 12.1. The number of fused-ring (bicyclic) bond motifs is 1. The van der Waals surface area contributed by atoms with Crippen molar-refractivity contribution in [2.45, 2.75) is 12.5 Å². The van der Waals surface area contributed by atoms with Crippen LogP contribution in [0.3, 0.4) is 0 Å². The number of aromatic nitrogens is 2. The number of aryl methyl sites for hydroxylation is 1. The zero-order valence-electron chi connectivity index (χ0n) is 13.5. The highest BCUT2D eigenvalue weighted by atomic mass is 32.1. The molecule has 0 spiro atoms. The van der Waals surface area contributed by atoms with Crippen LogP contribution in [0.2, 0.25) is 0 Å². The maximum atomic E-state index is 12.6. The van der Waals surface area contributed by atoms with Gasteiger partial charge in [0, 0.05) is 12.7 Å². The van der Waals surface area contributed by atoms with E-state index in [1.165, 1.54) is 0 Å². The van der Waals surface area contributed by atoms with Gasteiger partial charge in [0.15, 0.2) is 5.69 Å². The fraction of sp³-hybridized carbons (Fsp3) is 0.167. The number of hydrogen-bond acceptors (Lipinski definition) is 4. The molecule has 3 heterocycles. The van der Waals surface area contributed by atoms with Crippen molar-refractivity contribution in [3.8, 4) is 10.6 Å². The lowest BCUT2D eigenvalue weighted by atomic mass is 9.97. The second-order valence-corrected chi connectivity index (χ2v) is 6.83. The highest BCUT2D eigenvalue weighted by Crippen LogP contribution is 2.30. The fourth-order valence-electron chi connectivity index (χ4n) is 3.01. The van der Waals surface area contributed by atoms with Gasteiger partial charge in [0.2, 0.25) is 5.91 Å². The number of benzene rings is 1. The van der Waals surface area contributed by atoms with Crippen LogP contribution in [0, 0.1) is 0 Å². The number of nitrogens with one attached hydrogen (secondary N) is 2. The Bertz CT molecular complexity index is 946. The molecule has 0 unspecified atom stereocenters. The molecule has 1 aliphatic rings. The standard InChI is InChI=1S/C18H16N4O2S/c1-22-15(16-7-4-8-25-16)9-14(21-22)18(24)20-13-10-17(23)19-12-6-3-2-5-11(12)13/h2-9,13H,10H2,1H3,(H,19,23)(H,20,24)/t13-/m1/s1. The van der Waals surface area contributed by atoms with Crippen molar-refractivity contribution >= 4 is 28.8 Å². The lowest BCUT2D eigenvalue weighted by molar-refractivity contribution is -0.116. The number of rotatable bonds is 3. The monoisotopic (exact) mass is 352 g/mol. The Labute approximate surface area is 148 Å². The first-order valence-electron chi connectivity index (χ1n) is 7.89. The van der Waals surface area contributed by atoms with Gasteiger partial charge in [0.05, 0.1) is 23.0 Å². The molecule has 4 rings (SSSR count). The maximum Gasteiger partial charge on any atom is 0.272 e. The van der Waals surface area contributed by atoms with Crippen LogP contribution in [-0.2, 0) is 11.8 Å². The highest BCUT2D eigenvalue weighted by molar-refractivity contribution is 7.13. The smallest absolute Gasteiger partial charge is 0.272 e. The summed E-state index contributed by atoms with van der Waals surface area (Å²) < 4.78 is 1.70. The normalized spacial score (nSPS) is 16.2. The Hall–Kier alpha value is -2.93. The van der Waals surface area contributed by atoms with E-state index in [9.17, 15) is 9.59 Å². The number of amides is 2. The third kappa shape index (κ3) is 2.94. The Balaban J connectivity index is 1.59. The molecule has 0 aliphatic carbocycles. The van der Waals surface area contributed by atoms with E-state index in [4.69, 9.17) is 0 Å². The molecule has 0 radical (unpaired) electrons. The van der Waals surface area contributed by atoms with E-state index in [-0.39, 0.29) is 24.3 Å². The van der Waals surface area contributed by atoms with E-state index in [2.05, 4.69) is 15.7 Å². The summed E-state index contributed by atoms with van der Waals surface area (Å²) in [6.45, 7) is 0. The quantitative estimate of drug-likeness (QED) is 0.761. The molecule has 0 saturated carbocycles. The zero-order valence-corrected chi connectivity index (χ0v) is 14.3. The van der Waals surface area contributed by atoms with Crippen molar-refractivity contribution in [3.05, 3.63) is 59.1 Å². The number of para-hydroxylation sites is 1. The topological polar surface area (TPSA) is 76.0 Å². The summed E-state index contributed by atoms with van der Waals surface area (Å²) in [7, 11) is 1.81. The molecule has 25 heavy (non-hydrogen) atoms. The number of thiophene rings is 1. The molecule has 2 amide bonds. The first kappa shape index (κ1) is 15.6. The van der Waals surface area contributed by atoms with Crippen molar-refractivity contribution < 1.29 is 9.59 Å². The lowest BCUT2D eigenvalue weighted by Gasteiger charge is -2.26. The predicted molar refractivity (Wildman–Crippen MR) is 96.4 cm³/mol. The van der Waals surface area contributed by atoms with Gasteiger partial charge < -0.3 is 10.6 Å². The molecule has 7 heteroatoms. The number of hydrogen-bond donors (Lipinski definition) is 2. The summed E-state index contributed by atoms with van der Waals surface area (Å²) in [6, 6.07) is 12.9. The number of anilines is 1. The molecule has 2 N–H and O–H groups in total. The summed E-state index contributed by atoms with van der Waals surface area (Å²) >= 11 is 1.60. The molecule has 2 aromatic heterocycles. The molecule has 3 aromatic rings. The van der Waals surface area contributed by atoms with Gasteiger partial charge >= 0.3 is 0 Å². The van der Waals surface area contributed by atoms with Crippen LogP contribution in [-0.4, -0.2) is 21.6 Å². The Morgan fingerprint density at radius 3 is 2.96 bits per heavy atom. The van der Waals surface area contributed by atoms with Crippen molar-refractivity contribution in [1.29, 1.82) is 0 Å². The van der Waals surface area contributed by atoms with Crippen LogP contribution in [0.4, 0.5) is 5.69 Å². The molecule has 6 nitrogen and oxygen atoms in total. The fourth-order valence-corrected chi connectivity index (χ4v) is 3.78. The first-order valence-corrected chi connectivity index (χ1v) is 8.77. The molecule has 0 saturated heterocycles. The van der Waals surface area contributed by atoms with E-state index < -0.39 is 0 Å². The molecule has 0 bridgehead atoms. The Morgan fingerprint density at radius 2 is 2.16 bits per heavy atom. The minimum atomic E-state index is -0.357. The summed E-state index contributed by atoms with van der Waals surface area (Å²) in [6.07, 6.45) is 0.216. The summed E-state index contributed by atoms with van der Waals surface area (Å²) in [5.41, 5.74) is 2.88. The zero-order chi connectivity index (χ0) is 17.4. The maximum absolute atomic E-state index is 12.6. The second-order valence-electron chi connectivity index (χ2n) is 5.88. The van der Waals surface area contributed by atoms with Crippen molar-refractivity contribution in [2.75, 3.05) is 5.32 Å². The van der Waals surface area contributed by atoms with Crippen LogP contribution >= 0.6 is 11.3 Å². The van der Waals surface area contributed by atoms with Crippen LogP contribution in [0.1, 0.15) is 28.5 Å². The predicted octanol–water partition coefficient (Wildman–Crippen LogP) is 2.96. The van der Waals surface area contributed by atoms with E-state index in [1.807, 2.05) is 48.8 Å². The SMILES string of the molecule is Cn1nc(C(=O)N[C@@H]2CC(=O)Nc3ccccc32)cc1-c1cccs1. The average Bonchev–Trinajstić information content (AvgIpc) is 3.24. The van der Waals surface area contributed by atoms with Crippen molar-refractivity contribution in [3.63, 3.8) is 0 Å². The van der Waals surface area contributed by atoms with E-state index in [0.29, 0.717) is 5.69 Å². The van der Waals surface area contributed by atoms with Gasteiger partial charge in [-0.2, -0.15) is 5.10 Å². The van der Waals surface area contributed by atoms with Crippen LogP contribution in [0.15, 0.2) is 47.8 Å². The van der Waals surface area contributed by atoms with Gasteiger partial charge in [0.25, 0.3) is 5.91 Å². The van der Waals surface area contributed by atoms with Gasteiger partial charge in [-0.05, 0) is 29.1 Å². The molecule has 1 atom stereocenters. The Morgan fingerprint density at radius 1 is 1.32 bits per heavy atom. The highest BCUT2D eigenvalue weighted by Gasteiger charge is 2.27. The van der Waals surface area contributed by atoms with Gasteiger partial charge in [-0.25, -0.2) is 0 Å². The second kappa shape index (κ2) is 6.18. The minimum absolute atomic E-state index is 0.107. The van der Waals surface area contributed by atoms with Gasteiger partial charge in [-0.1, -0.05) is 24.3 Å². The van der Waals surface area contributed by atoms with Crippen LogP contribution in [0.5, 0.6) is 0 Å². The Kier molecular flexibility index (Phi) is 3.85. The largest absolute Gasteiger partial charge is 0.343 e. The van der Waals surface area contributed by atoms with Crippen LogP contribution in [0.25, 0.3) is 10.6 Å². The molecule has 1 aliphatic heterocycles. The van der Waals surface area contributed by atoms with Gasteiger partial charge in [-0.15, -0.1) is 11.3 Å². The number of carbonyl (C=O) groups is 2. The van der Waals surface area contributed by atoms with E-state index in [0.717, 1.165) is 21.8 Å². The van der Waals surface area contributed by atoms with Crippen molar-refractivity contribution in [1.82, 2.24) is 15.1 Å². The van der Waals surface area contributed by atoms with E-state index >= 15 is 0 Å². The van der Waals surface area contributed by atoms with Gasteiger partial charge in [-0.3, -0.25) is 14.3 Å². The molecule has 126 valence electrons. The minimum Gasteiger partial charge on any atom is -0.343 e. The first-order chi connectivity index (χ1) is 12.1. The third-order valence-corrected chi connectivity index (χ3v) is 5.08. The molecular formula is C18H16N4O2S. The van der Waals surface area contributed by atoms with Gasteiger partial charge in [0.1, 0.15) is 0 Å². The third-order valence-electron chi connectivity index (χ3n) is 4.19. The van der Waals surface area contributed by atoms with Crippen molar-refractivity contribution in [2.24, 2.45) is 7.05 Å². The molecular weight excluding hydrogens is 336 g/mol. The van der Waals surface area contributed by atoms with Crippen LogP contribution < -0.4 is 10.6 Å². The lowest BCUT2D eigenvalue weighted by Crippen LogP contribution is -2.35. The average molecular weight is 352 g/mol. The molecule has 0 fully saturated rings. The summed E-state index contributed by atoms with van der Waals surface area (Å²) in [5.74, 6) is -0.391. The number of carbonyl (C=O) groups excluding carboxylic acids is 2. The van der Waals surface area contributed by atoms with E-state index in [1.54, 1.807) is 22.1 Å².